The molecule has 1 aromatic carbocycles. The van der Waals surface area contributed by atoms with Crippen molar-refractivity contribution >= 4 is 6.09 Å². The monoisotopic (exact) mass is 333 g/mol. The number of hydrogen-bond donors (Lipinski definition) is 2. The smallest absolute Gasteiger partial charge is 0.407 e. The van der Waals surface area contributed by atoms with Crippen molar-refractivity contribution in [3.05, 3.63) is 23.8 Å². The molecule has 2 saturated carbocycles. The molecule has 0 bridgehead atoms. The Morgan fingerprint density at radius 2 is 2.08 bits per heavy atom. The number of carbonyl (C=O) groups excluding carboxylic acids is 1. The maximum Gasteiger partial charge on any atom is 0.407 e. The quantitative estimate of drug-likeness (QED) is 0.831. The van der Waals surface area contributed by atoms with E-state index in [0.29, 0.717) is 24.3 Å². The summed E-state index contributed by atoms with van der Waals surface area (Å²) in [6.07, 6.45) is 3.10. The second-order valence-electron chi connectivity index (χ2n) is 7.96. The largest absolute Gasteiger partial charge is 0.508 e. The predicted molar refractivity (Wildman–Crippen MR) is 91.4 cm³/mol. The van der Waals surface area contributed by atoms with Crippen molar-refractivity contribution in [3.8, 4) is 11.5 Å². The average Bonchev–Trinajstić information content (AvgIpc) is 3.36. The van der Waals surface area contributed by atoms with Gasteiger partial charge in [0.15, 0.2) is 0 Å². The summed E-state index contributed by atoms with van der Waals surface area (Å²) in [4.78, 5) is 11.7. The SMILES string of the molecule is CC(C)(C)OC(=O)NC[C@@H]1C[C@H]1c1cc(O)ccc1OCC1CC1. The number of phenolic OH excluding ortho intramolecular Hbond substituents is 1. The van der Waals surface area contributed by atoms with E-state index in [-0.39, 0.29) is 11.8 Å². The molecule has 0 heterocycles. The number of nitrogens with one attached hydrogen (secondary N) is 1. The lowest BCUT2D eigenvalue weighted by atomic mass is 10.1. The van der Waals surface area contributed by atoms with Gasteiger partial charge in [-0.1, -0.05) is 0 Å². The van der Waals surface area contributed by atoms with Crippen molar-refractivity contribution in [1.82, 2.24) is 5.32 Å². The molecule has 2 N–H and O–H groups in total. The summed E-state index contributed by atoms with van der Waals surface area (Å²) in [5.74, 6) is 2.50. The third-order valence-electron chi connectivity index (χ3n) is 4.39. The van der Waals surface area contributed by atoms with Crippen LogP contribution in [0.3, 0.4) is 0 Å². The molecule has 2 atom stereocenters. The fourth-order valence-electron chi connectivity index (χ4n) is 2.83. The van der Waals surface area contributed by atoms with Crippen molar-refractivity contribution in [2.75, 3.05) is 13.2 Å². The molecule has 0 saturated heterocycles. The van der Waals surface area contributed by atoms with Gasteiger partial charge in [-0.2, -0.15) is 0 Å². The van der Waals surface area contributed by atoms with Crippen LogP contribution >= 0.6 is 0 Å². The Labute approximate surface area is 143 Å². The van der Waals surface area contributed by atoms with Crippen LogP contribution in [0.2, 0.25) is 0 Å². The second-order valence-corrected chi connectivity index (χ2v) is 7.96. The molecule has 132 valence electrons. The van der Waals surface area contributed by atoms with Crippen LogP contribution in [-0.4, -0.2) is 30.0 Å². The highest BCUT2D eigenvalue weighted by molar-refractivity contribution is 5.67. The first-order valence-corrected chi connectivity index (χ1v) is 8.74. The van der Waals surface area contributed by atoms with Gasteiger partial charge in [-0.15, -0.1) is 0 Å². The van der Waals surface area contributed by atoms with Gasteiger partial charge >= 0.3 is 6.09 Å². The van der Waals surface area contributed by atoms with Gasteiger partial charge in [0.1, 0.15) is 17.1 Å². The number of aromatic hydroxyl groups is 1. The van der Waals surface area contributed by atoms with Crippen LogP contribution in [0.5, 0.6) is 11.5 Å². The van der Waals surface area contributed by atoms with Gasteiger partial charge in [0.05, 0.1) is 6.61 Å². The number of hydrogen-bond acceptors (Lipinski definition) is 4. The second kappa shape index (κ2) is 6.54. The molecule has 3 rings (SSSR count). The highest BCUT2D eigenvalue weighted by atomic mass is 16.6. The minimum absolute atomic E-state index is 0.259. The lowest BCUT2D eigenvalue weighted by molar-refractivity contribution is 0.0525. The number of rotatable bonds is 6. The topological polar surface area (TPSA) is 67.8 Å². The van der Waals surface area contributed by atoms with E-state index in [0.717, 1.165) is 24.3 Å². The summed E-state index contributed by atoms with van der Waals surface area (Å²) in [7, 11) is 0. The molecule has 5 nitrogen and oxygen atoms in total. The molecule has 5 heteroatoms. The Kier molecular flexibility index (Phi) is 4.61. The summed E-state index contributed by atoms with van der Waals surface area (Å²) < 4.78 is 11.2. The van der Waals surface area contributed by atoms with Gasteiger partial charge in [-0.25, -0.2) is 4.79 Å². The van der Waals surface area contributed by atoms with Crippen molar-refractivity contribution in [1.29, 1.82) is 0 Å². The van der Waals surface area contributed by atoms with Crippen LogP contribution in [0.1, 0.15) is 51.5 Å². The summed E-state index contributed by atoms with van der Waals surface area (Å²) in [5.41, 5.74) is 0.564. The number of ether oxygens (including phenoxy) is 2. The summed E-state index contributed by atoms with van der Waals surface area (Å²) >= 11 is 0. The molecule has 0 aromatic heterocycles. The molecule has 0 aliphatic heterocycles. The Balaban J connectivity index is 1.54. The van der Waals surface area contributed by atoms with Crippen molar-refractivity contribution in [2.45, 2.75) is 51.6 Å². The number of benzene rings is 1. The molecule has 2 aliphatic carbocycles. The van der Waals surface area contributed by atoms with Crippen LogP contribution in [0.4, 0.5) is 4.79 Å². The molecule has 24 heavy (non-hydrogen) atoms. The normalized spacial score (nSPS) is 22.8. The van der Waals surface area contributed by atoms with E-state index in [1.54, 1.807) is 12.1 Å². The standard InChI is InChI=1S/C19H27NO4/c1-19(2,3)24-18(22)20-10-13-8-15(13)16-9-14(21)6-7-17(16)23-11-12-4-5-12/h6-7,9,12-13,15,21H,4-5,8,10-11H2,1-3H3,(H,20,22)/t13-,15+/m0/s1. The van der Waals surface area contributed by atoms with E-state index in [4.69, 9.17) is 9.47 Å². The van der Waals surface area contributed by atoms with Gasteiger partial charge in [0.25, 0.3) is 0 Å². The number of amides is 1. The zero-order valence-electron chi connectivity index (χ0n) is 14.7. The van der Waals surface area contributed by atoms with Crippen LogP contribution in [-0.2, 0) is 4.74 Å². The van der Waals surface area contributed by atoms with Crippen molar-refractivity contribution in [3.63, 3.8) is 0 Å². The zero-order valence-corrected chi connectivity index (χ0v) is 14.7. The summed E-state index contributed by atoms with van der Waals surface area (Å²) in [6, 6.07) is 5.31. The first-order valence-electron chi connectivity index (χ1n) is 8.74. The lowest BCUT2D eigenvalue weighted by Gasteiger charge is -2.19. The van der Waals surface area contributed by atoms with E-state index in [1.165, 1.54) is 12.8 Å². The molecular weight excluding hydrogens is 306 g/mol. The molecule has 1 amide bonds. The van der Waals surface area contributed by atoms with Gasteiger partial charge in [0.2, 0.25) is 0 Å². The fraction of sp³-hybridized carbons (Fsp3) is 0.632. The van der Waals surface area contributed by atoms with E-state index in [2.05, 4.69) is 5.32 Å². The number of carbonyl (C=O) groups is 1. The average molecular weight is 333 g/mol. The van der Waals surface area contributed by atoms with Gasteiger partial charge in [-0.05, 0) is 76.0 Å². The molecule has 0 radical (unpaired) electrons. The van der Waals surface area contributed by atoms with Crippen molar-refractivity contribution in [2.24, 2.45) is 11.8 Å². The zero-order chi connectivity index (χ0) is 17.3. The van der Waals surface area contributed by atoms with Crippen LogP contribution in [0.25, 0.3) is 0 Å². The van der Waals surface area contributed by atoms with E-state index in [9.17, 15) is 9.90 Å². The fourth-order valence-corrected chi connectivity index (χ4v) is 2.83. The first-order chi connectivity index (χ1) is 11.3. The maximum atomic E-state index is 11.7. The molecule has 0 spiro atoms. The van der Waals surface area contributed by atoms with Crippen LogP contribution < -0.4 is 10.1 Å². The maximum absolute atomic E-state index is 11.7. The third kappa shape index (κ3) is 4.79. The Morgan fingerprint density at radius 1 is 1.33 bits per heavy atom. The lowest BCUT2D eigenvalue weighted by Crippen LogP contribution is -2.33. The molecular formula is C19H27NO4. The van der Waals surface area contributed by atoms with Gasteiger partial charge in [0, 0.05) is 12.1 Å². The third-order valence-corrected chi connectivity index (χ3v) is 4.39. The molecule has 0 unspecified atom stereocenters. The number of phenols is 1. The predicted octanol–water partition coefficient (Wildman–Crippen LogP) is 3.81. The van der Waals surface area contributed by atoms with E-state index < -0.39 is 5.60 Å². The Hall–Kier alpha value is -1.91. The Morgan fingerprint density at radius 3 is 2.75 bits per heavy atom. The van der Waals surface area contributed by atoms with Crippen LogP contribution in [0, 0.1) is 11.8 Å². The first kappa shape index (κ1) is 16.9. The van der Waals surface area contributed by atoms with E-state index in [1.807, 2.05) is 26.8 Å². The van der Waals surface area contributed by atoms with Crippen LogP contribution in [0.15, 0.2) is 18.2 Å². The summed E-state index contributed by atoms with van der Waals surface area (Å²) in [6.45, 7) is 6.89. The molecule has 2 fully saturated rings. The minimum atomic E-state index is -0.484. The van der Waals surface area contributed by atoms with Crippen molar-refractivity contribution < 1.29 is 19.4 Å². The van der Waals surface area contributed by atoms with Gasteiger partial charge in [-0.3, -0.25) is 0 Å². The minimum Gasteiger partial charge on any atom is -0.508 e. The molecule has 1 aromatic rings. The highest BCUT2D eigenvalue weighted by Gasteiger charge is 2.40. The molecule has 2 aliphatic rings. The Bertz CT molecular complexity index is 604. The summed E-state index contributed by atoms with van der Waals surface area (Å²) in [5, 5.41) is 12.6. The van der Waals surface area contributed by atoms with Gasteiger partial charge < -0.3 is 19.9 Å². The van der Waals surface area contributed by atoms with E-state index >= 15 is 0 Å². The highest BCUT2D eigenvalue weighted by Crippen LogP contribution is 2.51. The number of alkyl carbamates (subject to hydrolysis) is 1.